The minimum Gasteiger partial charge on any atom is -0.398 e. The molecule has 0 radical (unpaired) electrons. The van der Waals surface area contributed by atoms with Crippen molar-refractivity contribution in [3.63, 3.8) is 0 Å². The number of nitrogen functional groups attached to an aromatic ring is 1. The predicted molar refractivity (Wildman–Crippen MR) is 93.2 cm³/mol. The molecule has 0 amide bonds. The molecule has 8 heteroatoms. The summed E-state index contributed by atoms with van der Waals surface area (Å²) in [6, 6.07) is 12.4. The number of anilines is 1. The Kier molecular flexibility index (Phi) is 6.00. The molecule has 2 aromatic rings. The van der Waals surface area contributed by atoms with Crippen molar-refractivity contribution in [1.82, 2.24) is 4.72 Å². The van der Waals surface area contributed by atoms with Gasteiger partial charge in [0.1, 0.15) is 4.90 Å². The average Bonchev–Trinajstić information content (AvgIpc) is 2.43. The minimum atomic E-state index is -3.77. The lowest BCUT2D eigenvalue weighted by molar-refractivity contribution is 0.584. The van der Waals surface area contributed by atoms with Crippen LogP contribution in [0.1, 0.15) is 0 Å². The highest BCUT2D eigenvalue weighted by molar-refractivity contribution is 7.99. The summed E-state index contributed by atoms with van der Waals surface area (Å²) in [6.45, 7) is 0.264. The van der Waals surface area contributed by atoms with Gasteiger partial charge in [-0.05, 0) is 24.3 Å². The van der Waals surface area contributed by atoms with Crippen molar-refractivity contribution in [1.29, 1.82) is 0 Å². The van der Waals surface area contributed by atoms with Gasteiger partial charge >= 0.3 is 0 Å². The van der Waals surface area contributed by atoms with Crippen LogP contribution in [-0.2, 0) is 10.0 Å². The van der Waals surface area contributed by atoms with Gasteiger partial charge in [0.25, 0.3) is 0 Å². The number of hydrogen-bond donors (Lipinski definition) is 2. The number of benzene rings is 2. The fourth-order valence-corrected chi connectivity index (χ4v) is 4.73. The van der Waals surface area contributed by atoms with E-state index in [1.165, 1.54) is 12.1 Å². The van der Waals surface area contributed by atoms with Gasteiger partial charge in [0.15, 0.2) is 0 Å². The smallest absolute Gasteiger partial charge is 0.244 e. The Morgan fingerprint density at radius 1 is 1.14 bits per heavy atom. The van der Waals surface area contributed by atoms with Crippen molar-refractivity contribution in [3.05, 3.63) is 52.5 Å². The first-order valence-corrected chi connectivity index (χ1v) is 9.54. The van der Waals surface area contributed by atoms with E-state index in [0.717, 1.165) is 4.90 Å². The van der Waals surface area contributed by atoms with Crippen molar-refractivity contribution >= 4 is 50.7 Å². The zero-order chi connectivity index (χ0) is 16.2. The summed E-state index contributed by atoms with van der Waals surface area (Å²) in [5.74, 6) is 0.592. The largest absolute Gasteiger partial charge is 0.398 e. The highest BCUT2D eigenvalue weighted by Gasteiger charge is 2.21. The first kappa shape index (κ1) is 17.4. The molecule has 0 unspecified atom stereocenters. The topological polar surface area (TPSA) is 72.2 Å². The lowest BCUT2D eigenvalue weighted by Gasteiger charge is -2.11. The lowest BCUT2D eigenvalue weighted by atomic mass is 10.3. The van der Waals surface area contributed by atoms with Crippen molar-refractivity contribution in [3.8, 4) is 0 Å². The van der Waals surface area contributed by atoms with Gasteiger partial charge in [-0.15, -0.1) is 11.8 Å². The van der Waals surface area contributed by atoms with Gasteiger partial charge in [-0.1, -0.05) is 41.4 Å². The van der Waals surface area contributed by atoms with Crippen LogP contribution < -0.4 is 10.5 Å². The summed E-state index contributed by atoms with van der Waals surface area (Å²) >= 11 is 13.3. The van der Waals surface area contributed by atoms with Crippen molar-refractivity contribution in [2.45, 2.75) is 9.79 Å². The summed E-state index contributed by atoms with van der Waals surface area (Å²) < 4.78 is 27.0. The first-order chi connectivity index (χ1) is 10.4. The maximum atomic E-state index is 12.3. The SMILES string of the molecule is Nc1cc(Cl)cc(Cl)c1S(=O)(=O)NCCSc1ccccc1. The molecule has 2 rings (SSSR count). The number of thioether (sulfide) groups is 1. The fourth-order valence-electron chi connectivity index (χ4n) is 1.80. The van der Waals surface area contributed by atoms with Gasteiger partial charge in [-0.25, -0.2) is 13.1 Å². The second-order valence-electron chi connectivity index (χ2n) is 4.37. The van der Waals surface area contributed by atoms with Crippen LogP contribution in [0.2, 0.25) is 10.0 Å². The summed E-state index contributed by atoms with van der Waals surface area (Å²) in [5.41, 5.74) is 5.74. The average molecular weight is 377 g/mol. The van der Waals surface area contributed by atoms with Crippen molar-refractivity contribution < 1.29 is 8.42 Å². The highest BCUT2D eigenvalue weighted by atomic mass is 35.5. The molecule has 4 nitrogen and oxygen atoms in total. The van der Waals surface area contributed by atoms with E-state index in [2.05, 4.69) is 4.72 Å². The molecule has 0 aliphatic heterocycles. The van der Waals surface area contributed by atoms with Crippen LogP contribution >= 0.6 is 35.0 Å². The highest BCUT2D eigenvalue weighted by Crippen LogP contribution is 2.30. The molecule has 0 saturated heterocycles. The van der Waals surface area contributed by atoms with E-state index in [1.54, 1.807) is 11.8 Å². The van der Waals surface area contributed by atoms with Crippen LogP contribution in [0, 0.1) is 0 Å². The van der Waals surface area contributed by atoms with Crippen molar-refractivity contribution in [2.75, 3.05) is 18.0 Å². The third-order valence-corrected chi connectivity index (χ3v) is 5.93. The lowest BCUT2D eigenvalue weighted by Crippen LogP contribution is -2.27. The maximum Gasteiger partial charge on any atom is 0.244 e. The molecule has 0 heterocycles. The maximum absolute atomic E-state index is 12.3. The van der Waals surface area contributed by atoms with E-state index < -0.39 is 10.0 Å². The Labute approximate surface area is 144 Å². The van der Waals surface area contributed by atoms with Gasteiger partial charge < -0.3 is 5.73 Å². The number of sulfonamides is 1. The first-order valence-electron chi connectivity index (χ1n) is 6.32. The number of nitrogens with two attached hydrogens (primary N) is 1. The molecule has 22 heavy (non-hydrogen) atoms. The Hall–Kier alpha value is -0.920. The summed E-state index contributed by atoms with van der Waals surface area (Å²) in [5, 5.41) is 0.300. The van der Waals surface area contributed by atoms with E-state index >= 15 is 0 Å². The standard InChI is InChI=1S/C14H14Cl2N2O2S2/c15-10-8-12(16)14(13(17)9-10)22(19,20)18-6-7-21-11-4-2-1-3-5-11/h1-5,8-9,18H,6-7,17H2. The zero-order valence-corrected chi connectivity index (χ0v) is 14.6. The van der Waals surface area contributed by atoms with E-state index in [-0.39, 0.29) is 22.2 Å². The van der Waals surface area contributed by atoms with E-state index in [9.17, 15) is 8.42 Å². The molecule has 0 aliphatic carbocycles. The Morgan fingerprint density at radius 3 is 2.45 bits per heavy atom. The quantitative estimate of drug-likeness (QED) is 0.458. The van der Waals surface area contributed by atoms with Gasteiger partial charge in [0, 0.05) is 22.2 Å². The van der Waals surface area contributed by atoms with Crippen LogP contribution in [0.15, 0.2) is 52.3 Å². The van der Waals surface area contributed by atoms with Crippen LogP contribution in [-0.4, -0.2) is 20.7 Å². The third kappa shape index (κ3) is 4.54. The third-order valence-electron chi connectivity index (χ3n) is 2.71. The van der Waals surface area contributed by atoms with E-state index in [4.69, 9.17) is 28.9 Å². The molecular weight excluding hydrogens is 363 g/mol. The molecule has 3 N–H and O–H groups in total. The van der Waals surface area contributed by atoms with Crippen LogP contribution in [0.5, 0.6) is 0 Å². The molecule has 0 spiro atoms. The van der Waals surface area contributed by atoms with Crippen molar-refractivity contribution in [2.24, 2.45) is 0 Å². The number of hydrogen-bond acceptors (Lipinski definition) is 4. The predicted octanol–water partition coefficient (Wildman–Crippen LogP) is 3.65. The fraction of sp³-hybridized carbons (Fsp3) is 0.143. The molecule has 2 aromatic carbocycles. The van der Waals surface area contributed by atoms with Crippen LogP contribution in [0.25, 0.3) is 0 Å². The Bertz CT molecular complexity index is 730. The second kappa shape index (κ2) is 7.57. The Balaban J connectivity index is 2.00. The monoisotopic (exact) mass is 376 g/mol. The van der Waals surface area contributed by atoms with E-state index in [0.29, 0.717) is 10.8 Å². The Morgan fingerprint density at radius 2 is 1.82 bits per heavy atom. The molecule has 118 valence electrons. The number of halogens is 2. The molecule has 0 aliphatic rings. The van der Waals surface area contributed by atoms with Crippen LogP contribution in [0.4, 0.5) is 5.69 Å². The summed E-state index contributed by atoms with van der Waals surface area (Å²) in [4.78, 5) is 0.939. The van der Waals surface area contributed by atoms with Gasteiger partial charge in [0.2, 0.25) is 10.0 Å². The molecule has 0 aromatic heterocycles. The van der Waals surface area contributed by atoms with Crippen LogP contribution in [0.3, 0.4) is 0 Å². The molecule has 0 saturated carbocycles. The molecular formula is C14H14Cl2N2O2S2. The second-order valence-corrected chi connectivity index (χ2v) is 8.08. The van der Waals surface area contributed by atoms with E-state index in [1.807, 2.05) is 30.3 Å². The molecule has 0 fully saturated rings. The molecule has 0 atom stereocenters. The molecule has 0 bridgehead atoms. The van der Waals surface area contributed by atoms with Gasteiger partial charge in [-0.3, -0.25) is 0 Å². The number of nitrogens with one attached hydrogen (secondary N) is 1. The normalized spacial score (nSPS) is 11.5. The zero-order valence-electron chi connectivity index (χ0n) is 11.4. The van der Waals surface area contributed by atoms with Gasteiger partial charge in [0.05, 0.1) is 10.7 Å². The number of rotatable bonds is 6. The summed E-state index contributed by atoms with van der Waals surface area (Å²) in [6.07, 6.45) is 0. The minimum absolute atomic E-state index is 0.00760. The summed E-state index contributed by atoms with van der Waals surface area (Å²) in [7, 11) is -3.77. The van der Waals surface area contributed by atoms with Gasteiger partial charge in [-0.2, -0.15) is 0 Å².